The average molecular weight is 329 g/mol. The van der Waals surface area contributed by atoms with Crippen molar-refractivity contribution < 1.29 is 9.31 Å². The summed E-state index contributed by atoms with van der Waals surface area (Å²) >= 11 is 4.47. The van der Waals surface area contributed by atoms with Crippen LogP contribution in [-0.4, -0.2) is 9.91 Å². The minimum absolute atomic E-state index is 0.274. The molecule has 0 atom stereocenters. The first kappa shape index (κ1) is 13.0. The largest absolute Gasteiger partial charge is 0.273 e. The van der Waals surface area contributed by atoms with E-state index in [2.05, 4.69) is 20.9 Å². The first-order chi connectivity index (χ1) is 8.56. The number of non-ortho nitro benzene ring substituents is 1. The summed E-state index contributed by atoms with van der Waals surface area (Å²) in [6.07, 6.45) is 1.60. The second kappa shape index (κ2) is 5.45. The van der Waals surface area contributed by atoms with E-state index in [9.17, 15) is 14.5 Å². The van der Waals surface area contributed by atoms with Gasteiger partial charge in [-0.25, -0.2) is 9.37 Å². The van der Waals surface area contributed by atoms with Gasteiger partial charge in [0.2, 0.25) is 0 Å². The fraction of sp³-hybridized carbons (Fsp3) is 0. The van der Waals surface area contributed by atoms with Crippen molar-refractivity contribution in [2.24, 2.45) is 0 Å². The normalized spacial score (nSPS) is 10.3. The molecule has 0 aliphatic heterocycles. The fourth-order valence-corrected chi connectivity index (χ4v) is 2.62. The minimum Gasteiger partial charge on any atom is -0.258 e. The highest BCUT2D eigenvalue weighted by atomic mass is 79.9. The number of halogens is 2. The van der Waals surface area contributed by atoms with Gasteiger partial charge in [-0.2, -0.15) is 0 Å². The Labute approximate surface area is 115 Å². The van der Waals surface area contributed by atoms with Crippen LogP contribution in [-0.2, 0) is 0 Å². The standard InChI is InChI=1S/C11H6BrFN2O2S/c12-10-2-1-3-14-11(10)18-9-5-7(13)4-8(6-9)15(16)17/h1-6H. The van der Waals surface area contributed by atoms with Crippen LogP contribution in [0.2, 0.25) is 0 Å². The number of hydrogen-bond acceptors (Lipinski definition) is 4. The molecule has 2 rings (SSSR count). The fourth-order valence-electron chi connectivity index (χ4n) is 1.27. The van der Waals surface area contributed by atoms with E-state index in [0.717, 1.165) is 22.3 Å². The number of benzene rings is 1. The maximum atomic E-state index is 13.2. The van der Waals surface area contributed by atoms with E-state index in [1.807, 2.05) is 0 Å². The molecule has 0 radical (unpaired) electrons. The number of hydrogen-bond donors (Lipinski definition) is 0. The molecule has 0 aliphatic carbocycles. The van der Waals surface area contributed by atoms with E-state index >= 15 is 0 Å². The molecular formula is C11H6BrFN2O2S. The topological polar surface area (TPSA) is 56.0 Å². The molecule has 1 heterocycles. The van der Waals surface area contributed by atoms with Gasteiger partial charge in [-0.15, -0.1) is 0 Å². The first-order valence-electron chi connectivity index (χ1n) is 4.79. The zero-order valence-electron chi connectivity index (χ0n) is 8.84. The lowest BCUT2D eigenvalue weighted by Crippen LogP contribution is -1.90. The lowest BCUT2D eigenvalue weighted by Gasteiger charge is -2.03. The molecule has 1 aromatic carbocycles. The highest BCUT2D eigenvalue weighted by Crippen LogP contribution is 2.33. The van der Waals surface area contributed by atoms with Crippen molar-refractivity contribution in [1.82, 2.24) is 4.98 Å². The monoisotopic (exact) mass is 328 g/mol. The van der Waals surface area contributed by atoms with E-state index in [4.69, 9.17) is 0 Å². The number of pyridine rings is 1. The summed E-state index contributed by atoms with van der Waals surface area (Å²) in [6.45, 7) is 0. The van der Waals surface area contributed by atoms with Gasteiger partial charge in [-0.3, -0.25) is 10.1 Å². The molecule has 0 saturated carbocycles. The number of nitro groups is 1. The second-order valence-electron chi connectivity index (χ2n) is 3.29. The maximum absolute atomic E-state index is 13.2. The second-order valence-corrected chi connectivity index (χ2v) is 5.21. The van der Waals surface area contributed by atoms with Gasteiger partial charge in [0.25, 0.3) is 5.69 Å². The van der Waals surface area contributed by atoms with Gasteiger partial charge < -0.3 is 0 Å². The Bertz CT molecular complexity index is 609. The Hall–Kier alpha value is -1.47. The summed E-state index contributed by atoms with van der Waals surface area (Å²) in [5, 5.41) is 11.3. The number of nitro benzene ring substituents is 1. The van der Waals surface area contributed by atoms with E-state index in [-0.39, 0.29) is 5.69 Å². The third-order valence-corrected chi connectivity index (χ3v) is 3.90. The van der Waals surface area contributed by atoms with Crippen LogP contribution in [0, 0.1) is 15.9 Å². The average Bonchev–Trinajstić information content (AvgIpc) is 2.31. The van der Waals surface area contributed by atoms with Crippen LogP contribution in [0.25, 0.3) is 0 Å². The van der Waals surface area contributed by atoms with Gasteiger partial charge in [-0.1, -0.05) is 11.8 Å². The van der Waals surface area contributed by atoms with Gasteiger partial charge >= 0.3 is 0 Å². The van der Waals surface area contributed by atoms with Gasteiger partial charge in [0.15, 0.2) is 0 Å². The minimum atomic E-state index is -0.640. The molecule has 0 aliphatic rings. The molecule has 1 aromatic heterocycles. The maximum Gasteiger partial charge on any atom is 0.273 e. The van der Waals surface area contributed by atoms with Crippen molar-refractivity contribution in [2.75, 3.05) is 0 Å². The van der Waals surface area contributed by atoms with Gasteiger partial charge in [0.05, 0.1) is 15.5 Å². The molecule has 0 N–H and O–H groups in total. The first-order valence-corrected chi connectivity index (χ1v) is 6.40. The van der Waals surface area contributed by atoms with E-state index in [0.29, 0.717) is 9.92 Å². The molecular weight excluding hydrogens is 323 g/mol. The smallest absolute Gasteiger partial charge is 0.258 e. The van der Waals surface area contributed by atoms with Crippen LogP contribution < -0.4 is 0 Å². The Balaban J connectivity index is 2.35. The van der Waals surface area contributed by atoms with Crippen molar-refractivity contribution >= 4 is 33.4 Å². The summed E-state index contributed by atoms with van der Waals surface area (Å²) in [5.41, 5.74) is -0.274. The SMILES string of the molecule is O=[N+]([O-])c1cc(F)cc(Sc2ncccc2Br)c1. The van der Waals surface area contributed by atoms with Crippen molar-refractivity contribution in [1.29, 1.82) is 0 Å². The van der Waals surface area contributed by atoms with Crippen LogP contribution in [0.1, 0.15) is 0 Å². The summed E-state index contributed by atoms with van der Waals surface area (Å²) in [6, 6.07) is 6.98. The lowest BCUT2D eigenvalue weighted by molar-refractivity contribution is -0.385. The summed E-state index contributed by atoms with van der Waals surface area (Å²) < 4.78 is 14.0. The molecule has 0 fully saturated rings. The molecule has 18 heavy (non-hydrogen) atoms. The van der Waals surface area contributed by atoms with Gasteiger partial charge in [-0.05, 0) is 34.1 Å². The van der Waals surface area contributed by atoms with Crippen molar-refractivity contribution in [2.45, 2.75) is 9.92 Å². The van der Waals surface area contributed by atoms with Crippen molar-refractivity contribution in [3.05, 3.63) is 56.9 Å². The van der Waals surface area contributed by atoms with E-state index < -0.39 is 10.7 Å². The molecule has 0 spiro atoms. The number of aromatic nitrogens is 1. The van der Waals surface area contributed by atoms with Crippen molar-refractivity contribution in [3.63, 3.8) is 0 Å². The van der Waals surface area contributed by atoms with E-state index in [1.54, 1.807) is 18.3 Å². The summed E-state index contributed by atoms with van der Waals surface area (Å²) in [5.74, 6) is -0.640. The summed E-state index contributed by atoms with van der Waals surface area (Å²) in [7, 11) is 0. The van der Waals surface area contributed by atoms with Crippen LogP contribution in [0.3, 0.4) is 0 Å². The lowest BCUT2D eigenvalue weighted by atomic mass is 10.3. The van der Waals surface area contributed by atoms with E-state index in [1.165, 1.54) is 12.1 Å². The highest BCUT2D eigenvalue weighted by molar-refractivity contribution is 9.10. The molecule has 0 amide bonds. The molecule has 0 unspecified atom stereocenters. The predicted octanol–water partition coefficient (Wildman–Crippen LogP) is 4.04. The molecule has 0 saturated heterocycles. The third kappa shape index (κ3) is 3.05. The van der Waals surface area contributed by atoms with Crippen LogP contribution in [0.5, 0.6) is 0 Å². The van der Waals surface area contributed by atoms with Crippen LogP contribution >= 0.6 is 27.7 Å². The number of nitrogens with zero attached hydrogens (tertiary/aromatic N) is 2. The predicted molar refractivity (Wildman–Crippen MR) is 69.1 cm³/mol. The zero-order chi connectivity index (χ0) is 13.1. The highest BCUT2D eigenvalue weighted by Gasteiger charge is 2.12. The summed E-state index contributed by atoms with van der Waals surface area (Å²) in [4.78, 5) is 14.5. The van der Waals surface area contributed by atoms with Crippen LogP contribution in [0.4, 0.5) is 10.1 Å². The molecule has 7 heteroatoms. The molecule has 0 bridgehead atoms. The Morgan fingerprint density at radius 1 is 1.39 bits per heavy atom. The Morgan fingerprint density at radius 3 is 2.83 bits per heavy atom. The van der Waals surface area contributed by atoms with Gasteiger partial charge in [0.1, 0.15) is 10.8 Å². The van der Waals surface area contributed by atoms with Crippen molar-refractivity contribution in [3.8, 4) is 0 Å². The Kier molecular flexibility index (Phi) is 3.93. The van der Waals surface area contributed by atoms with Gasteiger partial charge in [0, 0.05) is 17.2 Å². The quantitative estimate of drug-likeness (QED) is 0.630. The molecule has 4 nitrogen and oxygen atoms in total. The zero-order valence-corrected chi connectivity index (χ0v) is 11.2. The third-order valence-electron chi connectivity index (χ3n) is 2.01. The Morgan fingerprint density at radius 2 is 2.17 bits per heavy atom. The number of rotatable bonds is 3. The molecule has 92 valence electrons. The van der Waals surface area contributed by atoms with Crippen LogP contribution in [0.15, 0.2) is 50.9 Å². The molecule has 2 aromatic rings.